The van der Waals surface area contributed by atoms with Crippen LogP contribution in [0.2, 0.25) is 0 Å². The minimum absolute atomic E-state index is 0.216. The van der Waals surface area contributed by atoms with Gasteiger partial charge in [-0.25, -0.2) is 4.98 Å². The van der Waals surface area contributed by atoms with Crippen LogP contribution in [0.15, 0.2) is 89.3 Å². The molecule has 0 amide bonds. The van der Waals surface area contributed by atoms with Crippen LogP contribution in [-0.4, -0.2) is 35.6 Å². The zero-order valence-corrected chi connectivity index (χ0v) is 20.9. The number of nitrogens with zero attached hydrogens (tertiary/aromatic N) is 2. The zero-order valence-electron chi connectivity index (χ0n) is 20.9. The highest BCUT2D eigenvalue weighted by Gasteiger charge is 2.14. The molecule has 0 fully saturated rings. The second kappa shape index (κ2) is 12.7. The molecule has 0 atom stereocenters. The molecule has 0 aliphatic heterocycles. The summed E-state index contributed by atoms with van der Waals surface area (Å²) in [6, 6.07) is 28.0. The van der Waals surface area contributed by atoms with Gasteiger partial charge in [-0.1, -0.05) is 60.7 Å². The molecule has 1 aromatic heterocycles. The molecule has 36 heavy (non-hydrogen) atoms. The minimum atomic E-state index is -0.216. The SMILES string of the molecule is CCOC(=O)CN(Cc1ccccc1)Cc1ccc(OCCc2nc(-c3ccccc3)oc2C)cc1. The van der Waals surface area contributed by atoms with Crippen molar-refractivity contribution in [2.75, 3.05) is 19.8 Å². The number of ether oxygens (including phenoxy) is 2. The van der Waals surface area contributed by atoms with E-state index < -0.39 is 0 Å². The van der Waals surface area contributed by atoms with Crippen molar-refractivity contribution in [1.82, 2.24) is 9.88 Å². The number of hydrogen-bond donors (Lipinski definition) is 0. The van der Waals surface area contributed by atoms with Crippen LogP contribution < -0.4 is 4.74 Å². The van der Waals surface area contributed by atoms with E-state index in [-0.39, 0.29) is 12.5 Å². The molecule has 0 aliphatic rings. The minimum Gasteiger partial charge on any atom is -0.493 e. The number of rotatable bonds is 12. The third kappa shape index (κ3) is 7.30. The molecule has 0 saturated carbocycles. The van der Waals surface area contributed by atoms with E-state index in [9.17, 15) is 4.79 Å². The molecule has 0 radical (unpaired) electrons. The van der Waals surface area contributed by atoms with Crippen LogP contribution >= 0.6 is 0 Å². The number of oxazole rings is 1. The Hall–Kier alpha value is -3.90. The molecule has 1 heterocycles. The normalized spacial score (nSPS) is 11.0. The summed E-state index contributed by atoms with van der Waals surface area (Å²) in [4.78, 5) is 18.9. The predicted molar refractivity (Wildman–Crippen MR) is 140 cm³/mol. The van der Waals surface area contributed by atoms with E-state index in [0.29, 0.717) is 38.6 Å². The van der Waals surface area contributed by atoms with Crippen LogP contribution in [-0.2, 0) is 29.0 Å². The van der Waals surface area contributed by atoms with Gasteiger partial charge in [0.15, 0.2) is 0 Å². The maximum Gasteiger partial charge on any atom is 0.320 e. The van der Waals surface area contributed by atoms with Gasteiger partial charge in [0.05, 0.1) is 25.5 Å². The van der Waals surface area contributed by atoms with Crippen molar-refractivity contribution in [2.24, 2.45) is 0 Å². The summed E-state index contributed by atoms with van der Waals surface area (Å²) >= 11 is 0. The summed E-state index contributed by atoms with van der Waals surface area (Å²) in [6.45, 7) is 6.18. The maximum absolute atomic E-state index is 12.1. The molecule has 186 valence electrons. The van der Waals surface area contributed by atoms with Crippen LogP contribution in [0.3, 0.4) is 0 Å². The Kier molecular flexibility index (Phi) is 8.89. The molecule has 4 rings (SSSR count). The highest BCUT2D eigenvalue weighted by molar-refractivity contribution is 5.71. The topological polar surface area (TPSA) is 64.8 Å². The van der Waals surface area contributed by atoms with Crippen molar-refractivity contribution in [3.8, 4) is 17.2 Å². The number of carbonyl (C=O) groups excluding carboxylic acids is 1. The predicted octanol–water partition coefficient (Wildman–Crippen LogP) is 5.84. The summed E-state index contributed by atoms with van der Waals surface area (Å²) in [5.41, 5.74) is 4.12. The average Bonchev–Trinajstić information content (AvgIpc) is 3.26. The highest BCUT2D eigenvalue weighted by Crippen LogP contribution is 2.22. The summed E-state index contributed by atoms with van der Waals surface area (Å²) in [6.07, 6.45) is 0.661. The van der Waals surface area contributed by atoms with Gasteiger partial charge in [-0.15, -0.1) is 0 Å². The summed E-state index contributed by atoms with van der Waals surface area (Å²) in [5, 5.41) is 0. The van der Waals surface area contributed by atoms with Crippen molar-refractivity contribution in [1.29, 1.82) is 0 Å². The van der Waals surface area contributed by atoms with E-state index in [1.54, 1.807) is 0 Å². The monoisotopic (exact) mass is 484 g/mol. The average molecular weight is 485 g/mol. The van der Waals surface area contributed by atoms with Gasteiger partial charge in [-0.3, -0.25) is 9.69 Å². The van der Waals surface area contributed by atoms with Crippen molar-refractivity contribution < 1.29 is 18.7 Å². The largest absolute Gasteiger partial charge is 0.493 e. The van der Waals surface area contributed by atoms with Gasteiger partial charge >= 0.3 is 5.97 Å². The number of esters is 1. The number of aromatic nitrogens is 1. The molecule has 3 aromatic carbocycles. The van der Waals surface area contributed by atoms with Gasteiger partial charge in [0.1, 0.15) is 11.5 Å². The molecule has 0 bridgehead atoms. The first-order valence-corrected chi connectivity index (χ1v) is 12.3. The van der Waals surface area contributed by atoms with E-state index in [0.717, 1.165) is 33.9 Å². The van der Waals surface area contributed by atoms with E-state index in [1.165, 1.54) is 0 Å². The van der Waals surface area contributed by atoms with Crippen LogP contribution in [0, 0.1) is 6.92 Å². The van der Waals surface area contributed by atoms with Gasteiger partial charge in [-0.2, -0.15) is 0 Å². The molecular formula is C30H32N2O4. The quantitative estimate of drug-likeness (QED) is 0.236. The fourth-order valence-corrected chi connectivity index (χ4v) is 3.98. The summed E-state index contributed by atoms with van der Waals surface area (Å²) in [5.74, 6) is 2.03. The Labute approximate surface area is 212 Å². The Balaban J connectivity index is 1.32. The number of hydrogen-bond acceptors (Lipinski definition) is 6. The lowest BCUT2D eigenvalue weighted by molar-refractivity contribution is -0.144. The standard InChI is InChI=1S/C30H32N2O4/c1-3-34-29(33)22-32(20-24-10-6-4-7-11-24)21-25-14-16-27(17-15-25)35-19-18-28-23(2)36-30(31-28)26-12-8-5-9-13-26/h4-17H,3,18-22H2,1-2H3. The van der Waals surface area contributed by atoms with Gasteiger partial charge in [0, 0.05) is 25.1 Å². The second-order valence-corrected chi connectivity index (χ2v) is 8.57. The molecule has 4 aromatic rings. The van der Waals surface area contributed by atoms with Crippen molar-refractivity contribution in [3.05, 3.63) is 108 Å². The lowest BCUT2D eigenvalue weighted by atomic mass is 10.1. The van der Waals surface area contributed by atoms with Gasteiger partial charge in [-0.05, 0) is 49.2 Å². The van der Waals surface area contributed by atoms with Crippen molar-refractivity contribution >= 4 is 5.97 Å². The van der Waals surface area contributed by atoms with Gasteiger partial charge < -0.3 is 13.9 Å². The van der Waals surface area contributed by atoms with Crippen LogP contribution in [0.5, 0.6) is 5.75 Å². The van der Waals surface area contributed by atoms with E-state index >= 15 is 0 Å². The van der Waals surface area contributed by atoms with Crippen molar-refractivity contribution in [2.45, 2.75) is 33.4 Å². The first kappa shape index (κ1) is 25.2. The van der Waals surface area contributed by atoms with E-state index in [4.69, 9.17) is 13.9 Å². The molecular weight excluding hydrogens is 452 g/mol. The van der Waals surface area contributed by atoms with Gasteiger partial charge in [0.2, 0.25) is 5.89 Å². The summed E-state index contributed by atoms with van der Waals surface area (Å²) < 4.78 is 17.0. The van der Waals surface area contributed by atoms with Crippen LogP contribution in [0.25, 0.3) is 11.5 Å². The smallest absolute Gasteiger partial charge is 0.320 e. The molecule has 0 saturated heterocycles. The number of benzene rings is 3. The van der Waals surface area contributed by atoms with E-state index in [1.807, 2.05) is 86.6 Å². The van der Waals surface area contributed by atoms with Crippen LogP contribution in [0.1, 0.15) is 29.5 Å². The molecule has 0 aliphatic carbocycles. The third-order valence-corrected chi connectivity index (χ3v) is 5.76. The molecule has 0 unspecified atom stereocenters. The Bertz CT molecular complexity index is 1220. The third-order valence-electron chi connectivity index (χ3n) is 5.76. The van der Waals surface area contributed by atoms with Gasteiger partial charge in [0.25, 0.3) is 0 Å². The molecule has 0 spiro atoms. The molecule has 6 heteroatoms. The van der Waals surface area contributed by atoms with E-state index in [2.05, 4.69) is 22.0 Å². The lowest BCUT2D eigenvalue weighted by Crippen LogP contribution is -2.30. The fourth-order valence-electron chi connectivity index (χ4n) is 3.98. The Morgan fingerprint density at radius 3 is 2.19 bits per heavy atom. The lowest BCUT2D eigenvalue weighted by Gasteiger charge is -2.21. The number of carbonyl (C=O) groups is 1. The second-order valence-electron chi connectivity index (χ2n) is 8.57. The fraction of sp³-hybridized carbons (Fsp3) is 0.267. The Morgan fingerprint density at radius 2 is 1.53 bits per heavy atom. The van der Waals surface area contributed by atoms with Crippen molar-refractivity contribution in [3.63, 3.8) is 0 Å². The molecule has 0 N–H and O–H groups in total. The summed E-state index contributed by atoms with van der Waals surface area (Å²) in [7, 11) is 0. The zero-order chi connectivity index (χ0) is 25.2. The first-order valence-electron chi connectivity index (χ1n) is 12.3. The Morgan fingerprint density at radius 1 is 0.889 bits per heavy atom. The molecule has 6 nitrogen and oxygen atoms in total. The highest BCUT2D eigenvalue weighted by atomic mass is 16.5. The maximum atomic E-state index is 12.1. The number of aryl methyl sites for hydroxylation is 1. The van der Waals surface area contributed by atoms with Crippen LogP contribution in [0.4, 0.5) is 0 Å². The first-order chi connectivity index (χ1) is 17.6.